The van der Waals surface area contributed by atoms with E-state index in [0.29, 0.717) is 21.3 Å². The number of carbonyl (C=O) groups excluding carboxylic acids is 2. The normalized spacial score (nSPS) is 26.5. The van der Waals surface area contributed by atoms with Gasteiger partial charge in [-0.15, -0.1) is 0 Å². The van der Waals surface area contributed by atoms with Crippen molar-refractivity contribution in [2.75, 3.05) is 5.32 Å². The highest BCUT2D eigenvalue weighted by Gasteiger charge is 2.60. The number of anilines is 1. The Morgan fingerprint density at radius 3 is 2.59 bits per heavy atom. The van der Waals surface area contributed by atoms with Gasteiger partial charge >= 0.3 is 0 Å². The van der Waals surface area contributed by atoms with Crippen LogP contribution in [0.15, 0.2) is 54.6 Å². The third-order valence-corrected chi connectivity index (χ3v) is 5.97. The fourth-order valence-electron chi connectivity index (χ4n) is 4.46. The van der Waals surface area contributed by atoms with Gasteiger partial charge in [0.1, 0.15) is 5.41 Å². The van der Waals surface area contributed by atoms with E-state index >= 15 is 0 Å². The molecule has 0 unspecified atom stereocenters. The average molecular weight is 401 g/mol. The van der Waals surface area contributed by atoms with Crippen LogP contribution in [0.25, 0.3) is 0 Å². The van der Waals surface area contributed by atoms with Crippen molar-refractivity contribution in [1.29, 1.82) is 0 Å². The number of amides is 2. The Morgan fingerprint density at radius 1 is 1.15 bits per heavy atom. The maximum absolute atomic E-state index is 13.4. The first-order chi connectivity index (χ1) is 12.8. The Balaban J connectivity index is 2.01. The van der Waals surface area contributed by atoms with Gasteiger partial charge in [0.15, 0.2) is 0 Å². The summed E-state index contributed by atoms with van der Waals surface area (Å²) < 4.78 is 0. The van der Waals surface area contributed by atoms with Crippen molar-refractivity contribution < 1.29 is 9.59 Å². The second-order valence-corrected chi connectivity index (χ2v) is 8.04. The van der Waals surface area contributed by atoms with E-state index in [0.717, 1.165) is 11.1 Å². The van der Waals surface area contributed by atoms with Crippen molar-refractivity contribution in [1.82, 2.24) is 5.32 Å². The van der Waals surface area contributed by atoms with E-state index in [4.69, 9.17) is 23.2 Å². The highest BCUT2D eigenvalue weighted by atomic mass is 35.5. The Kier molecular flexibility index (Phi) is 4.28. The molecule has 4 nitrogen and oxygen atoms in total. The molecule has 2 aliphatic heterocycles. The zero-order valence-electron chi connectivity index (χ0n) is 14.7. The highest BCUT2D eigenvalue weighted by Crippen LogP contribution is 2.54. The quantitative estimate of drug-likeness (QED) is 0.732. The summed E-state index contributed by atoms with van der Waals surface area (Å²) in [5, 5.41) is 7.05. The SMILES string of the molecule is C=C(C)[C@@H]1NC(=O)C[C@@H](c2cccc(Cl)c2)[C@]12C(=O)Nc1cc(Cl)ccc12. The molecule has 4 rings (SSSR count). The topological polar surface area (TPSA) is 58.2 Å². The van der Waals surface area contributed by atoms with Crippen molar-refractivity contribution in [3.05, 3.63) is 75.8 Å². The second-order valence-electron chi connectivity index (χ2n) is 7.17. The fourth-order valence-corrected chi connectivity index (χ4v) is 4.83. The molecule has 1 spiro atoms. The lowest BCUT2D eigenvalue weighted by Gasteiger charge is -2.46. The number of carbonyl (C=O) groups is 2. The molecule has 2 aromatic rings. The predicted octanol–water partition coefficient (Wildman–Crippen LogP) is 4.43. The third kappa shape index (κ3) is 2.67. The molecule has 2 N–H and O–H groups in total. The number of halogens is 2. The van der Waals surface area contributed by atoms with E-state index in [1.165, 1.54) is 0 Å². The van der Waals surface area contributed by atoms with Gasteiger partial charge in [0.25, 0.3) is 0 Å². The van der Waals surface area contributed by atoms with E-state index in [1.54, 1.807) is 18.2 Å². The lowest BCUT2D eigenvalue weighted by atomic mass is 9.59. The van der Waals surface area contributed by atoms with E-state index in [9.17, 15) is 9.59 Å². The first-order valence-electron chi connectivity index (χ1n) is 8.65. The van der Waals surface area contributed by atoms with E-state index < -0.39 is 11.5 Å². The molecule has 6 heteroatoms. The molecule has 0 saturated carbocycles. The molecule has 0 aliphatic carbocycles. The zero-order chi connectivity index (χ0) is 19.3. The van der Waals surface area contributed by atoms with Gasteiger partial charge in [-0.3, -0.25) is 9.59 Å². The van der Waals surface area contributed by atoms with Crippen LogP contribution in [0, 0.1) is 0 Å². The lowest BCUT2D eigenvalue weighted by molar-refractivity contribution is -0.130. The molecule has 2 amide bonds. The summed E-state index contributed by atoms with van der Waals surface area (Å²) >= 11 is 12.4. The number of nitrogens with one attached hydrogen (secondary N) is 2. The molecule has 0 aromatic heterocycles. The van der Waals surface area contributed by atoms with E-state index in [1.807, 2.05) is 31.2 Å². The van der Waals surface area contributed by atoms with Crippen molar-refractivity contribution in [2.24, 2.45) is 0 Å². The Bertz CT molecular complexity index is 988. The smallest absolute Gasteiger partial charge is 0.238 e. The van der Waals surface area contributed by atoms with Crippen molar-refractivity contribution >= 4 is 40.7 Å². The zero-order valence-corrected chi connectivity index (χ0v) is 16.2. The molecule has 2 aliphatic rings. The molecule has 0 radical (unpaired) electrons. The summed E-state index contributed by atoms with van der Waals surface area (Å²) in [6.07, 6.45) is 0.180. The van der Waals surface area contributed by atoms with Crippen LogP contribution in [-0.4, -0.2) is 17.9 Å². The summed E-state index contributed by atoms with van der Waals surface area (Å²) in [5.41, 5.74) is 2.04. The number of fused-ring (bicyclic) bond motifs is 2. The Hall–Kier alpha value is -2.30. The standard InChI is InChI=1S/C21H18Cl2N2O2/c1-11(2)19-21(15-7-6-14(23)9-17(15)24-20(21)27)16(10-18(26)25-19)12-4-3-5-13(22)8-12/h3-9,16,19H,1,10H2,2H3,(H,24,27)(H,25,26)/t16-,19-,21-/m0/s1. The average Bonchev–Trinajstić information content (AvgIpc) is 2.88. The van der Waals surface area contributed by atoms with Gasteiger partial charge in [-0.2, -0.15) is 0 Å². The van der Waals surface area contributed by atoms with Crippen LogP contribution in [0.1, 0.15) is 30.4 Å². The first-order valence-corrected chi connectivity index (χ1v) is 9.41. The van der Waals surface area contributed by atoms with Crippen LogP contribution in [0.3, 0.4) is 0 Å². The van der Waals surface area contributed by atoms with Crippen LogP contribution in [0.2, 0.25) is 10.0 Å². The van der Waals surface area contributed by atoms with E-state index in [-0.39, 0.29) is 24.2 Å². The second kappa shape index (κ2) is 6.39. The molecule has 1 fully saturated rings. The van der Waals surface area contributed by atoms with Gasteiger partial charge < -0.3 is 10.6 Å². The van der Waals surface area contributed by atoms with Crippen molar-refractivity contribution in [3.8, 4) is 0 Å². The van der Waals surface area contributed by atoms with Gasteiger partial charge in [0, 0.05) is 28.1 Å². The van der Waals surface area contributed by atoms with Crippen LogP contribution >= 0.6 is 23.2 Å². The number of hydrogen-bond donors (Lipinski definition) is 2. The van der Waals surface area contributed by atoms with Gasteiger partial charge in [-0.05, 0) is 42.3 Å². The van der Waals surface area contributed by atoms with Gasteiger partial charge in [0.2, 0.25) is 11.8 Å². The molecule has 3 atom stereocenters. The number of rotatable bonds is 2. The van der Waals surface area contributed by atoms with E-state index in [2.05, 4.69) is 17.2 Å². The predicted molar refractivity (Wildman–Crippen MR) is 107 cm³/mol. The van der Waals surface area contributed by atoms with Crippen LogP contribution in [0.5, 0.6) is 0 Å². The number of benzene rings is 2. The maximum atomic E-state index is 13.4. The summed E-state index contributed by atoms with van der Waals surface area (Å²) in [6.45, 7) is 5.88. The number of hydrogen-bond acceptors (Lipinski definition) is 2. The highest BCUT2D eigenvalue weighted by molar-refractivity contribution is 6.31. The molecule has 27 heavy (non-hydrogen) atoms. The Morgan fingerprint density at radius 2 is 1.89 bits per heavy atom. The van der Waals surface area contributed by atoms with Crippen LogP contribution < -0.4 is 10.6 Å². The monoisotopic (exact) mass is 400 g/mol. The molecule has 2 heterocycles. The molecular formula is C21H18Cl2N2O2. The third-order valence-electron chi connectivity index (χ3n) is 5.49. The van der Waals surface area contributed by atoms with Crippen molar-refractivity contribution in [3.63, 3.8) is 0 Å². The fraction of sp³-hybridized carbons (Fsp3) is 0.238. The van der Waals surface area contributed by atoms with Crippen LogP contribution in [0.4, 0.5) is 5.69 Å². The maximum Gasteiger partial charge on any atom is 0.238 e. The first kappa shape index (κ1) is 18.1. The molecule has 1 saturated heterocycles. The molecule has 2 aromatic carbocycles. The summed E-state index contributed by atoms with van der Waals surface area (Å²) in [4.78, 5) is 26.0. The summed E-state index contributed by atoms with van der Waals surface area (Å²) in [7, 11) is 0. The molecular weight excluding hydrogens is 383 g/mol. The van der Waals surface area contributed by atoms with Gasteiger partial charge in [-0.25, -0.2) is 0 Å². The number of piperidine rings is 1. The lowest BCUT2D eigenvalue weighted by Crippen LogP contribution is -2.62. The van der Waals surface area contributed by atoms with Crippen molar-refractivity contribution in [2.45, 2.75) is 30.7 Å². The minimum absolute atomic E-state index is 0.117. The minimum Gasteiger partial charge on any atom is -0.348 e. The summed E-state index contributed by atoms with van der Waals surface area (Å²) in [5.74, 6) is -0.666. The summed E-state index contributed by atoms with van der Waals surface area (Å²) in [6, 6.07) is 12.2. The largest absolute Gasteiger partial charge is 0.348 e. The van der Waals surface area contributed by atoms with Crippen LogP contribution in [-0.2, 0) is 15.0 Å². The minimum atomic E-state index is -1.01. The Labute approximate surface area is 167 Å². The molecule has 138 valence electrons. The molecule has 0 bridgehead atoms. The van der Waals surface area contributed by atoms with Gasteiger partial charge in [0.05, 0.1) is 6.04 Å². The van der Waals surface area contributed by atoms with Gasteiger partial charge in [-0.1, -0.05) is 53.6 Å².